The number of hydrogen-bond donors (Lipinski definition) is 2. The van der Waals surface area contributed by atoms with Crippen molar-refractivity contribution >= 4 is 34.8 Å². The molecule has 0 aliphatic rings. The maximum absolute atomic E-state index is 12.5. The number of carbonyl (C=O) groups is 2. The molecule has 0 atom stereocenters. The molecule has 24 heavy (non-hydrogen) atoms. The fourth-order valence-electron chi connectivity index (χ4n) is 2.13. The second kappa shape index (κ2) is 7.49. The van der Waals surface area contributed by atoms with Crippen LogP contribution < -0.4 is 10.6 Å². The van der Waals surface area contributed by atoms with Crippen LogP contribution in [-0.4, -0.2) is 11.8 Å². The predicted octanol–water partition coefficient (Wildman–Crippen LogP) is 4.80. The Hall–Kier alpha value is -2.33. The van der Waals surface area contributed by atoms with Crippen molar-refractivity contribution in [1.29, 1.82) is 0 Å². The molecule has 0 aliphatic heterocycles. The number of halogens is 1. The minimum atomic E-state index is -0.279. The summed E-state index contributed by atoms with van der Waals surface area (Å²) in [4.78, 5) is 24.3. The zero-order valence-electron chi connectivity index (χ0n) is 14.2. The average molecular weight is 345 g/mol. The summed E-state index contributed by atoms with van der Waals surface area (Å²) in [6.45, 7) is 7.39. The van der Waals surface area contributed by atoms with Crippen molar-refractivity contribution < 1.29 is 9.59 Å². The lowest BCUT2D eigenvalue weighted by Crippen LogP contribution is -2.18. The van der Waals surface area contributed by atoms with E-state index >= 15 is 0 Å². The lowest BCUT2D eigenvalue weighted by atomic mass is 10.1. The SMILES string of the molecule is Cc1ccc(NC(=O)C(C)C)cc1NC(=O)c1cccc(C)c1Cl. The van der Waals surface area contributed by atoms with E-state index in [0.717, 1.165) is 11.1 Å². The molecule has 0 aromatic heterocycles. The summed E-state index contributed by atoms with van der Waals surface area (Å²) in [5, 5.41) is 6.13. The van der Waals surface area contributed by atoms with E-state index in [4.69, 9.17) is 11.6 Å². The van der Waals surface area contributed by atoms with Gasteiger partial charge in [0.15, 0.2) is 0 Å². The Labute approximate surface area is 147 Å². The monoisotopic (exact) mass is 344 g/mol. The lowest BCUT2D eigenvalue weighted by Gasteiger charge is -2.13. The summed E-state index contributed by atoms with van der Waals surface area (Å²) in [6.07, 6.45) is 0. The third-order valence-corrected chi connectivity index (χ3v) is 4.22. The molecule has 0 bridgehead atoms. The highest BCUT2D eigenvalue weighted by Crippen LogP contribution is 2.24. The van der Waals surface area contributed by atoms with Crippen LogP contribution in [0, 0.1) is 19.8 Å². The van der Waals surface area contributed by atoms with E-state index in [1.54, 1.807) is 18.2 Å². The Kier molecular flexibility index (Phi) is 5.62. The summed E-state index contributed by atoms with van der Waals surface area (Å²) in [5.74, 6) is -0.465. The van der Waals surface area contributed by atoms with Gasteiger partial charge in [-0.2, -0.15) is 0 Å². The van der Waals surface area contributed by atoms with Crippen LogP contribution in [0.5, 0.6) is 0 Å². The Morgan fingerprint density at radius 2 is 1.71 bits per heavy atom. The maximum Gasteiger partial charge on any atom is 0.257 e. The highest BCUT2D eigenvalue weighted by atomic mass is 35.5. The molecule has 5 heteroatoms. The van der Waals surface area contributed by atoms with Gasteiger partial charge in [0.25, 0.3) is 5.91 Å². The van der Waals surface area contributed by atoms with Gasteiger partial charge in [0.05, 0.1) is 10.6 Å². The number of benzene rings is 2. The maximum atomic E-state index is 12.5. The van der Waals surface area contributed by atoms with E-state index in [9.17, 15) is 9.59 Å². The molecule has 2 N–H and O–H groups in total. The molecular weight excluding hydrogens is 324 g/mol. The lowest BCUT2D eigenvalue weighted by molar-refractivity contribution is -0.118. The Balaban J connectivity index is 2.24. The molecule has 126 valence electrons. The van der Waals surface area contributed by atoms with Crippen LogP contribution in [0.25, 0.3) is 0 Å². The summed E-state index contributed by atoms with van der Waals surface area (Å²) in [5.41, 5.74) is 3.45. The van der Waals surface area contributed by atoms with Gasteiger partial charge in [-0.15, -0.1) is 0 Å². The first kappa shape index (κ1) is 18.0. The molecule has 0 fully saturated rings. The molecule has 0 aliphatic carbocycles. The minimum absolute atomic E-state index is 0.0714. The molecule has 0 spiro atoms. The summed E-state index contributed by atoms with van der Waals surface area (Å²) in [6, 6.07) is 10.7. The summed E-state index contributed by atoms with van der Waals surface area (Å²) < 4.78 is 0. The standard InChI is InChI=1S/C19H21ClN2O2/c1-11(2)18(23)21-14-9-8-12(3)16(10-14)22-19(24)15-7-5-6-13(4)17(15)20/h5-11H,1-4H3,(H,21,23)(H,22,24). The fraction of sp³-hybridized carbons (Fsp3) is 0.263. The van der Waals surface area contributed by atoms with Crippen LogP contribution in [0.4, 0.5) is 11.4 Å². The first-order chi connectivity index (χ1) is 11.3. The van der Waals surface area contributed by atoms with E-state index in [-0.39, 0.29) is 17.7 Å². The number of rotatable bonds is 4. The predicted molar refractivity (Wildman–Crippen MR) is 98.8 cm³/mol. The van der Waals surface area contributed by atoms with Crippen molar-refractivity contribution in [3.05, 3.63) is 58.1 Å². The van der Waals surface area contributed by atoms with Gasteiger partial charge in [0.1, 0.15) is 0 Å². The highest BCUT2D eigenvalue weighted by Gasteiger charge is 2.14. The van der Waals surface area contributed by atoms with Gasteiger partial charge in [-0.3, -0.25) is 9.59 Å². The van der Waals surface area contributed by atoms with Crippen molar-refractivity contribution in [1.82, 2.24) is 0 Å². The van der Waals surface area contributed by atoms with Gasteiger partial charge in [-0.1, -0.05) is 43.6 Å². The largest absolute Gasteiger partial charge is 0.326 e. The van der Waals surface area contributed by atoms with E-state index in [2.05, 4.69) is 10.6 Å². The van der Waals surface area contributed by atoms with E-state index < -0.39 is 0 Å². The molecule has 2 rings (SSSR count). The van der Waals surface area contributed by atoms with Gasteiger partial charge < -0.3 is 10.6 Å². The van der Waals surface area contributed by atoms with Crippen molar-refractivity contribution in [2.45, 2.75) is 27.7 Å². The zero-order valence-corrected chi connectivity index (χ0v) is 15.0. The molecule has 0 radical (unpaired) electrons. The van der Waals surface area contributed by atoms with Gasteiger partial charge >= 0.3 is 0 Å². The van der Waals surface area contributed by atoms with E-state index in [0.29, 0.717) is 22.0 Å². The number of nitrogens with one attached hydrogen (secondary N) is 2. The van der Waals surface area contributed by atoms with Crippen molar-refractivity contribution in [3.8, 4) is 0 Å². The third kappa shape index (κ3) is 4.15. The molecule has 4 nitrogen and oxygen atoms in total. The molecular formula is C19H21ClN2O2. The van der Waals surface area contributed by atoms with Crippen molar-refractivity contribution in [2.24, 2.45) is 5.92 Å². The molecule has 2 aromatic rings. The molecule has 0 saturated heterocycles. The van der Waals surface area contributed by atoms with Crippen LogP contribution in [-0.2, 0) is 4.79 Å². The van der Waals surface area contributed by atoms with Crippen molar-refractivity contribution in [2.75, 3.05) is 10.6 Å². The van der Waals surface area contributed by atoms with Gasteiger partial charge in [0, 0.05) is 17.3 Å². The second-order valence-corrected chi connectivity index (χ2v) is 6.44. The van der Waals surface area contributed by atoms with E-state index in [1.807, 2.05) is 45.9 Å². The third-order valence-electron chi connectivity index (χ3n) is 3.71. The molecule has 0 saturated carbocycles. The van der Waals surface area contributed by atoms with Gasteiger partial charge in [-0.05, 0) is 43.2 Å². The molecule has 0 heterocycles. The number of carbonyl (C=O) groups excluding carboxylic acids is 2. The number of hydrogen-bond acceptors (Lipinski definition) is 2. The molecule has 0 unspecified atom stereocenters. The molecule has 2 amide bonds. The number of amides is 2. The molecule has 2 aromatic carbocycles. The quantitative estimate of drug-likeness (QED) is 0.836. The van der Waals surface area contributed by atoms with Crippen LogP contribution in [0.3, 0.4) is 0 Å². The Morgan fingerprint density at radius 1 is 1.00 bits per heavy atom. The van der Waals surface area contributed by atoms with Crippen LogP contribution in [0.1, 0.15) is 35.3 Å². The van der Waals surface area contributed by atoms with Crippen molar-refractivity contribution in [3.63, 3.8) is 0 Å². The summed E-state index contributed by atoms with van der Waals surface area (Å²) in [7, 11) is 0. The van der Waals surface area contributed by atoms with Crippen LogP contribution in [0.15, 0.2) is 36.4 Å². The number of aryl methyl sites for hydroxylation is 2. The van der Waals surface area contributed by atoms with Crippen LogP contribution >= 0.6 is 11.6 Å². The second-order valence-electron chi connectivity index (χ2n) is 6.06. The highest BCUT2D eigenvalue weighted by molar-refractivity contribution is 6.35. The number of anilines is 2. The normalized spacial score (nSPS) is 10.6. The summed E-state index contributed by atoms with van der Waals surface area (Å²) >= 11 is 6.21. The first-order valence-corrected chi connectivity index (χ1v) is 8.15. The fourth-order valence-corrected chi connectivity index (χ4v) is 2.35. The topological polar surface area (TPSA) is 58.2 Å². The van der Waals surface area contributed by atoms with Gasteiger partial charge in [-0.25, -0.2) is 0 Å². The zero-order chi connectivity index (χ0) is 17.9. The Bertz CT molecular complexity index is 785. The Morgan fingerprint density at radius 3 is 2.38 bits per heavy atom. The van der Waals surface area contributed by atoms with Gasteiger partial charge in [0.2, 0.25) is 5.91 Å². The van der Waals surface area contributed by atoms with Crippen LogP contribution in [0.2, 0.25) is 5.02 Å². The minimum Gasteiger partial charge on any atom is -0.326 e. The van der Waals surface area contributed by atoms with E-state index in [1.165, 1.54) is 0 Å². The average Bonchev–Trinajstić information content (AvgIpc) is 2.53. The first-order valence-electron chi connectivity index (χ1n) is 7.77. The smallest absolute Gasteiger partial charge is 0.257 e.